The van der Waals surface area contributed by atoms with Crippen LogP contribution in [0.5, 0.6) is 0 Å². The largest absolute Gasteiger partial charge is 0.468 e. The molecule has 0 unspecified atom stereocenters. The Morgan fingerprint density at radius 3 is 2.43 bits per heavy atom. The second kappa shape index (κ2) is 5.36. The normalized spacial score (nSPS) is 29.9. The lowest BCUT2D eigenvalue weighted by Crippen LogP contribution is -2.59. The molecule has 0 saturated carbocycles. The summed E-state index contributed by atoms with van der Waals surface area (Å²) in [6.07, 6.45) is 2.93. The summed E-state index contributed by atoms with van der Waals surface area (Å²) in [4.78, 5) is 56.1. The SMILES string of the molecule is COC(=O)[C@@]1(P(=O)(O)O)CCC=C[C@@H]1N1C(=O)CCC1=O. The highest BCUT2D eigenvalue weighted by Crippen LogP contribution is 2.58. The molecule has 1 heterocycles. The Morgan fingerprint density at radius 1 is 1.38 bits per heavy atom. The maximum Gasteiger partial charge on any atom is 0.345 e. The van der Waals surface area contributed by atoms with Crippen LogP contribution in [0.1, 0.15) is 25.7 Å². The molecule has 1 fully saturated rings. The number of imide groups is 1. The average molecular weight is 317 g/mol. The first-order chi connectivity index (χ1) is 9.75. The molecule has 1 saturated heterocycles. The lowest BCUT2D eigenvalue weighted by atomic mass is 9.87. The van der Waals surface area contributed by atoms with Gasteiger partial charge in [-0.2, -0.15) is 0 Å². The number of nitrogens with zero attached hydrogens (tertiary/aromatic N) is 1. The van der Waals surface area contributed by atoms with Crippen LogP contribution in [-0.2, 0) is 23.7 Å². The number of likely N-dealkylation sites (tertiary alicyclic amines) is 1. The summed E-state index contributed by atoms with van der Waals surface area (Å²) in [5, 5.41) is -2.23. The summed E-state index contributed by atoms with van der Waals surface area (Å²) in [5.41, 5.74) is 0. The van der Waals surface area contributed by atoms with E-state index in [1.54, 1.807) is 6.08 Å². The Labute approximate surface area is 120 Å². The van der Waals surface area contributed by atoms with Crippen LogP contribution in [0.4, 0.5) is 0 Å². The van der Waals surface area contributed by atoms with Crippen molar-refractivity contribution < 1.29 is 33.5 Å². The fourth-order valence-corrected chi connectivity index (χ4v) is 4.17. The predicted octanol–water partition coefficient (Wildman–Crippen LogP) is -0.0565. The molecule has 0 aromatic rings. The fourth-order valence-electron chi connectivity index (χ4n) is 2.88. The molecule has 8 nitrogen and oxygen atoms in total. The summed E-state index contributed by atoms with van der Waals surface area (Å²) >= 11 is 0. The third kappa shape index (κ3) is 2.33. The first-order valence-electron chi connectivity index (χ1n) is 6.41. The van der Waals surface area contributed by atoms with Crippen molar-refractivity contribution in [3.63, 3.8) is 0 Å². The predicted molar refractivity (Wildman–Crippen MR) is 70.0 cm³/mol. The first kappa shape index (κ1) is 15.9. The van der Waals surface area contributed by atoms with E-state index in [1.807, 2.05) is 0 Å². The first-order valence-corrected chi connectivity index (χ1v) is 8.02. The maximum absolute atomic E-state index is 12.1. The van der Waals surface area contributed by atoms with Crippen molar-refractivity contribution in [2.75, 3.05) is 7.11 Å². The number of carbonyl (C=O) groups is 3. The zero-order valence-corrected chi connectivity index (χ0v) is 12.3. The minimum Gasteiger partial charge on any atom is -0.468 e. The highest BCUT2D eigenvalue weighted by Gasteiger charge is 2.63. The number of carbonyl (C=O) groups excluding carboxylic acids is 3. The molecule has 2 amide bonds. The number of methoxy groups -OCH3 is 1. The smallest absolute Gasteiger partial charge is 0.345 e. The lowest BCUT2D eigenvalue weighted by molar-refractivity contribution is -0.149. The Bertz CT molecular complexity index is 550. The second-order valence-corrected chi connectivity index (χ2v) is 6.92. The Kier molecular flexibility index (Phi) is 4.06. The minimum absolute atomic E-state index is 0.0262. The summed E-state index contributed by atoms with van der Waals surface area (Å²) in [7, 11) is -3.96. The van der Waals surface area contributed by atoms with Crippen LogP contribution in [0.25, 0.3) is 0 Å². The van der Waals surface area contributed by atoms with Gasteiger partial charge < -0.3 is 14.5 Å². The average Bonchev–Trinajstić information content (AvgIpc) is 2.75. The van der Waals surface area contributed by atoms with E-state index in [0.29, 0.717) is 0 Å². The van der Waals surface area contributed by atoms with Gasteiger partial charge in [0.15, 0.2) is 5.16 Å². The Morgan fingerprint density at radius 2 is 1.95 bits per heavy atom. The van der Waals surface area contributed by atoms with E-state index >= 15 is 0 Å². The zero-order valence-electron chi connectivity index (χ0n) is 11.4. The van der Waals surface area contributed by atoms with Gasteiger partial charge in [0.25, 0.3) is 0 Å². The van der Waals surface area contributed by atoms with Crippen LogP contribution in [0.3, 0.4) is 0 Å². The van der Waals surface area contributed by atoms with Crippen LogP contribution >= 0.6 is 7.60 Å². The molecular weight excluding hydrogens is 301 g/mol. The molecule has 0 aromatic heterocycles. The van der Waals surface area contributed by atoms with Gasteiger partial charge >= 0.3 is 13.6 Å². The molecule has 9 heteroatoms. The standard InChI is InChI=1S/C12H16NO7P/c1-20-11(16)12(21(17,18)19)7-3-2-4-8(12)13-9(14)5-6-10(13)15/h2,4,8H,3,5-7H2,1H3,(H2,17,18,19)/t8-,12+/m0/s1. The van der Waals surface area contributed by atoms with Gasteiger partial charge in [-0.25, -0.2) is 0 Å². The highest BCUT2D eigenvalue weighted by atomic mass is 31.2. The molecule has 21 heavy (non-hydrogen) atoms. The van der Waals surface area contributed by atoms with Crippen LogP contribution < -0.4 is 0 Å². The third-order valence-corrected chi connectivity index (χ3v) is 5.64. The van der Waals surface area contributed by atoms with Gasteiger partial charge in [0.1, 0.15) is 0 Å². The quantitative estimate of drug-likeness (QED) is 0.324. The molecule has 116 valence electrons. The van der Waals surface area contributed by atoms with Gasteiger partial charge in [0.2, 0.25) is 11.8 Å². The van der Waals surface area contributed by atoms with Crippen LogP contribution in [0, 0.1) is 0 Å². The van der Waals surface area contributed by atoms with Crippen molar-refractivity contribution in [3.8, 4) is 0 Å². The molecule has 0 aromatic carbocycles. The van der Waals surface area contributed by atoms with Crippen LogP contribution in [0.2, 0.25) is 0 Å². The molecule has 2 aliphatic rings. The van der Waals surface area contributed by atoms with Gasteiger partial charge in [0, 0.05) is 12.8 Å². The summed E-state index contributed by atoms with van der Waals surface area (Å²) in [5.74, 6) is -2.20. The minimum atomic E-state index is -4.98. The van der Waals surface area contributed by atoms with E-state index in [0.717, 1.165) is 12.0 Å². The number of rotatable bonds is 3. The summed E-state index contributed by atoms with van der Waals surface area (Å²) in [6.45, 7) is 0. The van der Waals surface area contributed by atoms with E-state index in [4.69, 9.17) is 0 Å². The molecule has 1 aliphatic heterocycles. The van der Waals surface area contributed by atoms with Gasteiger partial charge in [-0.05, 0) is 12.8 Å². The molecular formula is C12H16NO7P. The molecule has 2 atom stereocenters. The molecule has 0 radical (unpaired) electrons. The summed E-state index contributed by atoms with van der Waals surface area (Å²) < 4.78 is 16.6. The van der Waals surface area contributed by atoms with E-state index in [9.17, 15) is 28.7 Å². The van der Waals surface area contributed by atoms with E-state index in [-0.39, 0.29) is 25.7 Å². The highest BCUT2D eigenvalue weighted by molar-refractivity contribution is 7.55. The van der Waals surface area contributed by atoms with Gasteiger partial charge in [0.05, 0.1) is 13.2 Å². The Balaban J connectivity index is 2.59. The molecule has 0 spiro atoms. The number of ether oxygens (including phenoxy) is 1. The number of hydrogen-bond acceptors (Lipinski definition) is 5. The van der Waals surface area contributed by atoms with E-state index < -0.39 is 36.6 Å². The Hall–Kier alpha value is -1.50. The zero-order chi connectivity index (χ0) is 15.8. The number of esters is 1. The van der Waals surface area contributed by atoms with Crippen molar-refractivity contribution in [3.05, 3.63) is 12.2 Å². The lowest BCUT2D eigenvalue weighted by Gasteiger charge is -2.42. The van der Waals surface area contributed by atoms with Crippen molar-refractivity contribution in [1.29, 1.82) is 0 Å². The van der Waals surface area contributed by atoms with Crippen LogP contribution in [-0.4, -0.2) is 50.8 Å². The number of amides is 2. The molecule has 1 aliphatic carbocycles. The van der Waals surface area contributed by atoms with Gasteiger partial charge in [-0.15, -0.1) is 0 Å². The van der Waals surface area contributed by atoms with Crippen molar-refractivity contribution in [2.45, 2.75) is 36.9 Å². The third-order valence-electron chi connectivity index (χ3n) is 3.93. The maximum atomic E-state index is 12.1. The van der Waals surface area contributed by atoms with Crippen molar-refractivity contribution in [2.24, 2.45) is 0 Å². The summed E-state index contributed by atoms with van der Waals surface area (Å²) in [6, 6.07) is -1.32. The number of allylic oxidation sites excluding steroid dienone is 1. The number of hydrogen-bond donors (Lipinski definition) is 2. The van der Waals surface area contributed by atoms with E-state index in [2.05, 4.69) is 4.74 Å². The monoisotopic (exact) mass is 317 g/mol. The van der Waals surface area contributed by atoms with E-state index in [1.165, 1.54) is 6.08 Å². The molecule has 2 rings (SSSR count). The second-order valence-electron chi connectivity index (χ2n) is 5.03. The molecule has 2 N–H and O–H groups in total. The van der Waals surface area contributed by atoms with Gasteiger partial charge in [-0.1, -0.05) is 12.2 Å². The van der Waals surface area contributed by atoms with Crippen LogP contribution in [0.15, 0.2) is 12.2 Å². The van der Waals surface area contributed by atoms with Crippen molar-refractivity contribution >= 4 is 25.4 Å². The van der Waals surface area contributed by atoms with Crippen molar-refractivity contribution in [1.82, 2.24) is 4.90 Å². The molecule has 0 bridgehead atoms. The topological polar surface area (TPSA) is 121 Å². The fraction of sp³-hybridized carbons (Fsp3) is 0.583. The van der Waals surface area contributed by atoms with Gasteiger partial charge in [-0.3, -0.25) is 23.8 Å².